The first-order valence-electron chi connectivity index (χ1n) is 9.63. The van der Waals surface area contributed by atoms with Gasteiger partial charge in [0, 0.05) is 12.0 Å². The van der Waals surface area contributed by atoms with Gasteiger partial charge in [-0.25, -0.2) is 6.57 Å². The van der Waals surface area contributed by atoms with Gasteiger partial charge in [-0.1, -0.05) is 69.3 Å². The van der Waals surface area contributed by atoms with Crippen LogP contribution >= 0.6 is 0 Å². The van der Waals surface area contributed by atoms with Crippen molar-refractivity contribution >= 4 is 0 Å². The Hall–Kier alpha value is -2.11. The molecular weight excluding hydrogens is 316 g/mol. The largest absolute Gasteiger partial charge is 0.316 e. The monoisotopic (exact) mass is 346 g/mol. The van der Waals surface area contributed by atoms with Gasteiger partial charge in [0.15, 0.2) is 0 Å². The minimum absolute atomic E-state index is 0.164. The second-order valence-corrected chi connectivity index (χ2v) is 8.69. The molecule has 0 aromatic heterocycles. The molecule has 0 bridgehead atoms. The van der Waals surface area contributed by atoms with Crippen molar-refractivity contribution in [1.82, 2.24) is 4.90 Å². The number of nitrogens with zero attached hydrogens (tertiary/aromatic N) is 2. The van der Waals surface area contributed by atoms with Crippen LogP contribution < -0.4 is 0 Å². The number of rotatable bonds is 4. The maximum absolute atomic E-state index is 7.39. The lowest BCUT2D eigenvalue weighted by Crippen LogP contribution is -2.47. The van der Waals surface area contributed by atoms with E-state index in [1.807, 2.05) is 0 Å². The molecule has 2 aromatic rings. The predicted octanol–water partition coefficient (Wildman–Crippen LogP) is 5.90. The van der Waals surface area contributed by atoms with Crippen LogP contribution in [0.3, 0.4) is 0 Å². The zero-order valence-corrected chi connectivity index (χ0v) is 16.3. The van der Waals surface area contributed by atoms with E-state index in [9.17, 15) is 0 Å². The van der Waals surface area contributed by atoms with Gasteiger partial charge in [-0.3, -0.25) is 4.90 Å². The number of likely N-dealkylation sites (tertiary alicyclic amines) is 1. The molecule has 2 nitrogen and oxygen atoms in total. The fourth-order valence-corrected chi connectivity index (χ4v) is 4.17. The van der Waals surface area contributed by atoms with Crippen LogP contribution in [0.15, 0.2) is 54.6 Å². The Balaban J connectivity index is 1.68. The van der Waals surface area contributed by atoms with Gasteiger partial charge in [0.25, 0.3) is 0 Å². The molecule has 0 unspecified atom stereocenters. The van der Waals surface area contributed by atoms with E-state index in [0.717, 1.165) is 32.5 Å². The lowest BCUT2D eigenvalue weighted by molar-refractivity contribution is 0.0173. The summed E-state index contributed by atoms with van der Waals surface area (Å²) >= 11 is 0. The van der Waals surface area contributed by atoms with E-state index in [-0.39, 0.29) is 10.8 Å². The maximum atomic E-state index is 7.39. The summed E-state index contributed by atoms with van der Waals surface area (Å²) in [5.74, 6) is 0. The van der Waals surface area contributed by atoms with E-state index in [1.54, 1.807) is 0 Å². The third-order valence-electron chi connectivity index (χ3n) is 6.23. The highest BCUT2D eigenvalue weighted by Gasteiger charge is 2.46. The fraction of sp³-hybridized carbons (Fsp3) is 0.458. The Kier molecular flexibility index (Phi) is 5.49. The molecule has 0 N–H and O–H groups in total. The highest BCUT2D eigenvalue weighted by Crippen LogP contribution is 2.47. The van der Waals surface area contributed by atoms with Crippen LogP contribution in [-0.4, -0.2) is 24.5 Å². The van der Waals surface area contributed by atoms with Crippen molar-refractivity contribution in [1.29, 1.82) is 0 Å². The van der Waals surface area contributed by atoms with Crippen LogP contribution in [0.25, 0.3) is 16.0 Å². The molecule has 1 aliphatic rings. The lowest BCUT2D eigenvalue weighted by Gasteiger charge is -2.46. The van der Waals surface area contributed by atoms with Crippen LogP contribution in [0.1, 0.15) is 39.2 Å². The van der Waals surface area contributed by atoms with E-state index in [2.05, 4.69) is 85.1 Å². The molecule has 0 saturated carbocycles. The van der Waals surface area contributed by atoms with Crippen LogP contribution in [-0.2, 0) is 6.54 Å². The summed E-state index contributed by atoms with van der Waals surface area (Å²) in [7, 11) is 0. The van der Waals surface area contributed by atoms with Crippen LogP contribution in [0.5, 0.6) is 0 Å². The topological polar surface area (TPSA) is 7.60 Å². The second kappa shape index (κ2) is 7.64. The zero-order chi connectivity index (χ0) is 18.6. The SMILES string of the molecule is [C-]#[N+]CC1(C(C)(C)C)CCN(Cc2cccc(-c3ccccc3)c2)CC1. The molecule has 0 radical (unpaired) electrons. The van der Waals surface area contributed by atoms with E-state index in [0.29, 0.717) is 6.54 Å². The van der Waals surface area contributed by atoms with Crippen molar-refractivity contribution in [3.63, 3.8) is 0 Å². The summed E-state index contributed by atoms with van der Waals surface area (Å²) in [4.78, 5) is 6.34. The number of hydrogen-bond donors (Lipinski definition) is 0. The van der Waals surface area contributed by atoms with Crippen molar-refractivity contribution in [2.75, 3.05) is 19.6 Å². The smallest absolute Gasteiger partial charge is 0.220 e. The predicted molar refractivity (Wildman–Crippen MR) is 110 cm³/mol. The average molecular weight is 347 g/mol. The number of piperidine rings is 1. The average Bonchev–Trinajstić information content (AvgIpc) is 2.64. The Morgan fingerprint density at radius 1 is 0.962 bits per heavy atom. The molecule has 26 heavy (non-hydrogen) atoms. The molecule has 1 fully saturated rings. The van der Waals surface area contributed by atoms with Crippen LogP contribution in [0.4, 0.5) is 0 Å². The molecule has 2 heteroatoms. The quantitative estimate of drug-likeness (QED) is 0.625. The van der Waals surface area contributed by atoms with Gasteiger partial charge < -0.3 is 4.85 Å². The summed E-state index contributed by atoms with van der Waals surface area (Å²) in [6.07, 6.45) is 2.24. The zero-order valence-electron chi connectivity index (χ0n) is 16.3. The van der Waals surface area contributed by atoms with Crippen molar-refractivity contribution in [2.24, 2.45) is 10.8 Å². The normalized spacial score (nSPS) is 17.6. The molecule has 1 heterocycles. The highest BCUT2D eigenvalue weighted by atomic mass is 15.1. The third kappa shape index (κ3) is 4.00. The van der Waals surface area contributed by atoms with Gasteiger partial charge in [0.1, 0.15) is 0 Å². The molecule has 0 spiro atoms. The summed E-state index contributed by atoms with van der Waals surface area (Å²) < 4.78 is 0. The first-order valence-corrected chi connectivity index (χ1v) is 9.63. The van der Waals surface area contributed by atoms with E-state index in [1.165, 1.54) is 16.7 Å². The summed E-state index contributed by atoms with van der Waals surface area (Å²) in [6.45, 7) is 18.1. The molecule has 0 aliphatic carbocycles. The molecular formula is C24H30N2. The fourth-order valence-electron chi connectivity index (χ4n) is 4.17. The molecule has 0 atom stereocenters. The Bertz CT molecular complexity index is 757. The summed E-state index contributed by atoms with van der Waals surface area (Å²) in [5.41, 5.74) is 4.29. The Morgan fingerprint density at radius 2 is 1.62 bits per heavy atom. The van der Waals surface area contributed by atoms with E-state index in [4.69, 9.17) is 6.57 Å². The molecule has 1 aliphatic heterocycles. The molecule has 1 saturated heterocycles. The molecule has 3 rings (SSSR count). The minimum Gasteiger partial charge on any atom is -0.316 e. The van der Waals surface area contributed by atoms with Gasteiger partial charge in [-0.05, 0) is 54.1 Å². The molecule has 0 amide bonds. The maximum Gasteiger partial charge on any atom is 0.220 e. The van der Waals surface area contributed by atoms with E-state index >= 15 is 0 Å². The van der Waals surface area contributed by atoms with Gasteiger partial charge >= 0.3 is 0 Å². The molecule has 2 aromatic carbocycles. The van der Waals surface area contributed by atoms with Crippen LogP contribution in [0.2, 0.25) is 0 Å². The molecule has 136 valence electrons. The van der Waals surface area contributed by atoms with Gasteiger partial charge in [-0.15, -0.1) is 0 Å². The third-order valence-corrected chi connectivity index (χ3v) is 6.23. The Labute approximate surface area is 158 Å². The Morgan fingerprint density at radius 3 is 2.23 bits per heavy atom. The van der Waals surface area contributed by atoms with E-state index < -0.39 is 0 Å². The van der Waals surface area contributed by atoms with Crippen LogP contribution in [0, 0.1) is 17.4 Å². The lowest BCUT2D eigenvalue weighted by atomic mass is 9.61. The second-order valence-electron chi connectivity index (χ2n) is 8.69. The minimum atomic E-state index is 0.164. The highest BCUT2D eigenvalue weighted by molar-refractivity contribution is 5.63. The van der Waals surface area contributed by atoms with Crippen molar-refractivity contribution < 1.29 is 0 Å². The van der Waals surface area contributed by atoms with Gasteiger partial charge in [0.2, 0.25) is 6.54 Å². The standard InChI is InChI=1S/C24H30N2/c1-23(2,3)24(19-25-4)13-15-26(16-14-24)18-20-9-8-12-22(17-20)21-10-6-5-7-11-21/h5-12,17H,13-16,18-19H2,1-3H3. The first-order chi connectivity index (χ1) is 12.4. The van der Waals surface area contributed by atoms with Crippen molar-refractivity contribution in [2.45, 2.75) is 40.2 Å². The van der Waals surface area contributed by atoms with Crippen molar-refractivity contribution in [3.8, 4) is 11.1 Å². The van der Waals surface area contributed by atoms with Gasteiger partial charge in [-0.2, -0.15) is 0 Å². The summed E-state index contributed by atoms with van der Waals surface area (Å²) in [5, 5.41) is 0. The first kappa shape index (κ1) is 18.7. The van der Waals surface area contributed by atoms with Gasteiger partial charge in [0.05, 0.1) is 0 Å². The summed E-state index contributed by atoms with van der Waals surface area (Å²) in [6, 6.07) is 19.5. The van der Waals surface area contributed by atoms with Crippen molar-refractivity contribution in [3.05, 3.63) is 71.6 Å². The number of hydrogen-bond acceptors (Lipinski definition) is 1. The number of benzene rings is 2.